The van der Waals surface area contributed by atoms with Gasteiger partial charge in [-0.05, 0) is 75.3 Å². The van der Waals surface area contributed by atoms with Gasteiger partial charge in [-0.2, -0.15) is 0 Å². The zero-order valence-corrected chi connectivity index (χ0v) is 39.1. The maximum Gasteiger partial charge on any atom is 0.408 e. The Bertz CT molecular complexity index is 2180. The Balaban J connectivity index is 1.08. The van der Waals surface area contributed by atoms with Crippen molar-refractivity contribution < 1.29 is 43.2 Å². The molecule has 4 heterocycles. The molecule has 5 fully saturated rings. The zero-order chi connectivity index (χ0) is 45.7. The van der Waals surface area contributed by atoms with Gasteiger partial charge in [-0.15, -0.1) is 6.58 Å². The van der Waals surface area contributed by atoms with Crippen LogP contribution in [0.1, 0.15) is 84.9 Å². The SMILES string of the molecule is C=C[C@@H]1CC1(NC(=O)[C@@H]1C[C@@H](Oc2cc(C3CSC(NC(C)C)=N3)nc3c(Cl)c(OCCN4CC[C@@H](OC)C4)ccc23)CN1C(=O)[C@@H](NC(=O)OC1C[C@@H]2C[C@@H]2C1)C(C)(C)C)C(=O)O. The number of ether oxygens (including phenoxy) is 4. The molecule has 16 nitrogen and oxygen atoms in total. The molecular formula is C46H62ClN7O9S. The lowest BCUT2D eigenvalue weighted by Gasteiger charge is -2.35. The number of aliphatic carboxylic acids is 1. The fourth-order valence-corrected chi connectivity index (χ4v) is 11.0. The molecule has 1 aromatic heterocycles. The van der Waals surface area contributed by atoms with Gasteiger partial charge in [0.15, 0.2) is 5.17 Å². The molecule has 64 heavy (non-hydrogen) atoms. The molecule has 18 heteroatoms. The van der Waals surface area contributed by atoms with Gasteiger partial charge in [-0.25, -0.2) is 14.6 Å². The van der Waals surface area contributed by atoms with Crippen molar-refractivity contribution in [3.05, 3.63) is 41.6 Å². The Labute approximate surface area is 383 Å². The normalized spacial score (nSPS) is 30.1. The molecule has 4 N–H and O–H groups in total. The zero-order valence-electron chi connectivity index (χ0n) is 37.6. The number of rotatable bonds is 16. The summed E-state index contributed by atoms with van der Waals surface area (Å²) in [6.07, 6.45) is 4.10. The first-order valence-corrected chi connectivity index (χ1v) is 23.9. The first-order chi connectivity index (χ1) is 30.5. The van der Waals surface area contributed by atoms with E-state index in [1.807, 2.05) is 46.8 Å². The van der Waals surface area contributed by atoms with Crippen LogP contribution in [0.3, 0.4) is 0 Å². The number of nitrogens with one attached hydrogen (secondary N) is 3. The number of carboxylic acids is 1. The Kier molecular flexibility index (Phi) is 13.4. The van der Waals surface area contributed by atoms with E-state index < -0.39 is 58.9 Å². The first-order valence-electron chi connectivity index (χ1n) is 22.6. The van der Waals surface area contributed by atoms with Crippen molar-refractivity contribution in [3.63, 3.8) is 0 Å². The van der Waals surface area contributed by atoms with E-state index in [-0.39, 0.29) is 43.7 Å². The number of halogens is 1. The summed E-state index contributed by atoms with van der Waals surface area (Å²) in [5, 5.41) is 20.9. The second-order valence-electron chi connectivity index (χ2n) is 19.7. The van der Waals surface area contributed by atoms with Gasteiger partial charge >= 0.3 is 12.1 Å². The third-order valence-electron chi connectivity index (χ3n) is 13.5. The highest BCUT2D eigenvalue weighted by Gasteiger charge is 2.61. The summed E-state index contributed by atoms with van der Waals surface area (Å²) in [7, 11) is 1.73. The van der Waals surface area contributed by atoms with Crippen LogP contribution in [0, 0.1) is 23.2 Å². The quantitative estimate of drug-likeness (QED) is 0.153. The Morgan fingerprint density at radius 3 is 2.50 bits per heavy atom. The lowest BCUT2D eigenvalue weighted by molar-refractivity contribution is -0.146. The van der Waals surface area contributed by atoms with Gasteiger partial charge in [-0.3, -0.25) is 19.5 Å². The van der Waals surface area contributed by atoms with Crippen molar-refractivity contribution in [1.29, 1.82) is 0 Å². The number of thioether (sulfide) groups is 1. The second-order valence-corrected chi connectivity index (χ2v) is 21.1. The number of carbonyl (C=O) groups is 4. The number of nitrogens with zero attached hydrogens (tertiary/aromatic N) is 4. The van der Waals surface area contributed by atoms with E-state index in [1.54, 1.807) is 24.9 Å². The minimum atomic E-state index is -1.53. The molecule has 0 bridgehead atoms. The van der Waals surface area contributed by atoms with E-state index in [0.29, 0.717) is 63.9 Å². The predicted octanol–water partition coefficient (Wildman–Crippen LogP) is 5.56. The largest absolute Gasteiger partial charge is 0.491 e. The number of carbonyl (C=O) groups excluding carboxylic acids is 3. The number of amidine groups is 1. The van der Waals surface area contributed by atoms with Crippen LogP contribution in [0.4, 0.5) is 4.79 Å². The number of fused-ring (bicyclic) bond motifs is 2. The van der Waals surface area contributed by atoms with Crippen LogP contribution in [0.2, 0.25) is 5.02 Å². The predicted molar refractivity (Wildman–Crippen MR) is 244 cm³/mol. The summed E-state index contributed by atoms with van der Waals surface area (Å²) in [6.45, 7) is 16.2. The van der Waals surface area contributed by atoms with Crippen molar-refractivity contribution in [3.8, 4) is 11.5 Å². The third kappa shape index (κ3) is 9.92. The van der Waals surface area contributed by atoms with Crippen LogP contribution in [-0.4, -0.2) is 137 Å². The minimum absolute atomic E-state index is 0.0343. The maximum atomic E-state index is 14.8. The lowest BCUT2D eigenvalue weighted by Crippen LogP contribution is -2.59. The van der Waals surface area contributed by atoms with Crippen molar-refractivity contribution in [2.24, 2.45) is 28.2 Å². The second kappa shape index (κ2) is 18.5. The number of hydrogen-bond donors (Lipinski definition) is 4. The molecule has 0 spiro atoms. The monoisotopic (exact) mass is 923 g/mol. The van der Waals surface area contributed by atoms with E-state index >= 15 is 0 Å². The van der Waals surface area contributed by atoms with E-state index in [1.165, 1.54) is 17.4 Å². The molecule has 3 aliphatic carbocycles. The Morgan fingerprint density at radius 1 is 1.08 bits per heavy atom. The number of benzene rings is 1. The molecule has 1 aromatic carbocycles. The lowest BCUT2D eigenvalue weighted by atomic mass is 9.85. The van der Waals surface area contributed by atoms with Crippen LogP contribution in [-0.2, 0) is 23.9 Å². The Hall–Kier alpha value is -4.32. The van der Waals surface area contributed by atoms with Crippen molar-refractivity contribution in [2.75, 3.05) is 45.6 Å². The number of aromatic nitrogens is 1. The van der Waals surface area contributed by atoms with Gasteiger partial charge in [0.25, 0.3) is 0 Å². The van der Waals surface area contributed by atoms with E-state index in [9.17, 15) is 24.3 Å². The average molecular weight is 925 g/mol. The molecule has 348 valence electrons. The van der Waals surface area contributed by atoms with Crippen LogP contribution < -0.4 is 25.4 Å². The maximum absolute atomic E-state index is 14.8. The van der Waals surface area contributed by atoms with Crippen LogP contribution in [0.15, 0.2) is 35.8 Å². The summed E-state index contributed by atoms with van der Waals surface area (Å²) in [4.78, 5) is 68.7. The number of hydrogen-bond acceptors (Lipinski definition) is 13. The van der Waals surface area contributed by atoms with Crippen LogP contribution >= 0.6 is 23.4 Å². The summed E-state index contributed by atoms with van der Waals surface area (Å²) in [5.41, 5.74) is -1.24. The average Bonchev–Trinajstić information content (AvgIpc) is 3.72. The molecule has 8 rings (SSSR count). The Morgan fingerprint density at radius 2 is 1.84 bits per heavy atom. The first kappa shape index (κ1) is 46.2. The van der Waals surface area contributed by atoms with E-state index in [0.717, 1.165) is 37.5 Å². The fourth-order valence-electron chi connectivity index (χ4n) is 9.68. The molecule has 3 unspecified atom stereocenters. The number of aliphatic imine (C=N–C) groups is 1. The highest BCUT2D eigenvalue weighted by Crippen LogP contribution is 2.52. The number of alkyl carbamates (subject to hydrolysis) is 1. The summed E-state index contributed by atoms with van der Waals surface area (Å²) >= 11 is 8.74. The number of amides is 3. The minimum Gasteiger partial charge on any atom is -0.491 e. The molecule has 0 radical (unpaired) electrons. The number of methoxy groups -OCH3 is 1. The highest BCUT2D eigenvalue weighted by molar-refractivity contribution is 8.14. The van der Waals surface area contributed by atoms with Crippen molar-refractivity contribution >= 4 is 63.3 Å². The highest BCUT2D eigenvalue weighted by atomic mass is 35.5. The standard InChI is InChI=1S/C46H62ClN7O9S/c1-8-27-20-46(27,42(57)58)52-40(55)34-18-30(22-54(34)41(56)39(45(4,5)6)51-44(59)63-29-16-25-15-26(25)17-29)62-36-19-32(33-23-64-43(50-33)48-24(2)3)49-38-31(36)9-10-35(37(38)47)61-14-13-53-12-11-28(21-53)60-7/h8-10,19,24-30,33-34,39H,1,11-18,20-23H2,2-7H3,(H,48,50)(H,51,59)(H,52,55)(H,57,58)/t25-,26+,27-,28-,29?,30-,33?,34+,39-,46?/m1/s1. The molecular weight excluding hydrogens is 862 g/mol. The molecule has 3 saturated carbocycles. The van der Waals surface area contributed by atoms with Gasteiger partial charge in [0.1, 0.15) is 59.0 Å². The molecule has 3 amide bonds. The summed E-state index contributed by atoms with van der Waals surface area (Å²) in [5.74, 6) is -0.0595. The van der Waals surface area contributed by atoms with Gasteiger partial charge < -0.3 is 44.9 Å². The van der Waals surface area contributed by atoms with Gasteiger partial charge in [0.2, 0.25) is 11.8 Å². The van der Waals surface area contributed by atoms with Gasteiger partial charge in [0, 0.05) is 62.3 Å². The van der Waals surface area contributed by atoms with E-state index in [4.69, 9.17) is 40.5 Å². The summed E-state index contributed by atoms with van der Waals surface area (Å²) in [6, 6.07) is 3.13. The van der Waals surface area contributed by atoms with Crippen LogP contribution in [0.25, 0.3) is 10.9 Å². The third-order valence-corrected chi connectivity index (χ3v) is 14.9. The van der Waals surface area contributed by atoms with E-state index in [2.05, 4.69) is 27.4 Å². The fraction of sp³-hybridized carbons (Fsp3) is 0.652. The van der Waals surface area contributed by atoms with Crippen molar-refractivity contribution in [1.82, 2.24) is 30.7 Å². The van der Waals surface area contributed by atoms with Gasteiger partial charge in [0.05, 0.1) is 23.9 Å². The molecule has 2 aromatic rings. The number of carboxylic acid groups (broad SMARTS) is 1. The number of likely N-dealkylation sites (tertiary alicyclic amines) is 2. The molecule has 3 aliphatic heterocycles. The molecule has 2 saturated heterocycles. The molecule has 6 aliphatic rings. The van der Waals surface area contributed by atoms with Crippen LogP contribution in [0.5, 0.6) is 11.5 Å². The smallest absolute Gasteiger partial charge is 0.408 e. The molecule has 10 atom stereocenters. The topological polar surface area (TPSA) is 193 Å². The summed E-state index contributed by atoms with van der Waals surface area (Å²) < 4.78 is 24.4. The van der Waals surface area contributed by atoms with Crippen molar-refractivity contribution in [2.45, 2.75) is 121 Å². The van der Waals surface area contributed by atoms with Gasteiger partial charge in [-0.1, -0.05) is 50.2 Å². The number of pyridine rings is 1.